The Kier molecular flexibility index (Phi) is 3.52. The molecule has 0 fully saturated rings. The van der Waals surface area contributed by atoms with Gasteiger partial charge in [-0.3, -0.25) is 0 Å². The van der Waals surface area contributed by atoms with Gasteiger partial charge in [0.25, 0.3) is 0 Å². The van der Waals surface area contributed by atoms with Gasteiger partial charge >= 0.3 is 0 Å². The Balaban J connectivity index is 2.38. The molecule has 0 radical (unpaired) electrons. The van der Waals surface area contributed by atoms with Gasteiger partial charge in [0.05, 0.1) is 11.0 Å². The van der Waals surface area contributed by atoms with Crippen molar-refractivity contribution in [2.45, 2.75) is 22.3 Å². The maximum absolute atomic E-state index is 13.6. The van der Waals surface area contributed by atoms with Crippen LogP contribution in [0.5, 0.6) is 0 Å². The smallest absolute Gasteiger partial charge is 0.174 e. The summed E-state index contributed by atoms with van der Waals surface area (Å²) in [6.45, 7) is 1.61. The molecule has 0 bridgehead atoms. The zero-order valence-corrected chi connectivity index (χ0v) is 10.1. The van der Waals surface area contributed by atoms with Crippen LogP contribution < -0.4 is 0 Å². The molecule has 1 heterocycles. The van der Waals surface area contributed by atoms with E-state index in [-0.39, 0.29) is 5.82 Å². The lowest BCUT2D eigenvalue weighted by Crippen LogP contribution is -1.96. The van der Waals surface area contributed by atoms with E-state index in [2.05, 4.69) is 9.36 Å². The lowest BCUT2D eigenvalue weighted by atomic mass is 10.1. The molecular weight excluding hydrogens is 247 g/mol. The molecule has 2 aromatic rings. The first-order chi connectivity index (χ1) is 7.68. The molecule has 6 heteroatoms. The molecule has 0 saturated heterocycles. The van der Waals surface area contributed by atoms with Crippen molar-refractivity contribution in [3.63, 3.8) is 0 Å². The number of hydrogen-bond acceptors (Lipinski definition) is 5. The van der Waals surface area contributed by atoms with E-state index in [9.17, 15) is 9.50 Å². The van der Waals surface area contributed by atoms with Crippen molar-refractivity contribution >= 4 is 23.3 Å². The Hall–Kier alpha value is -0.980. The van der Waals surface area contributed by atoms with Gasteiger partial charge in [0.1, 0.15) is 12.1 Å². The van der Waals surface area contributed by atoms with Gasteiger partial charge in [-0.1, -0.05) is 23.9 Å². The molecule has 1 aromatic carbocycles. The summed E-state index contributed by atoms with van der Waals surface area (Å²) in [5.74, 6) is -0.349. The van der Waals surface area contributed by atoms with Gasteiger partial charge in [0.2, 0.25) is 0 Å². The molecule has 3 nitrogen and oxygen atoms in total. The van der Waals surface area contributed by atoms with Gasteiger partial charge in [0, 0.05) is 0 Å². The molecule has 0 aliphatic rings. The zero-order valence-electron chi connectivity index (χ0n) is 8.42. The Bertz CT molecular complexity index is 474. The SMILES string of the molecule is C[C@@H](O)c1cccc(F)c1Sc1ncns1. The molecule has 0 unspecified atom stereocenters. The molecule has 84 valence electrons. The van der Waals surface area contributed by atoms with Crippen molar-refractivity contribution in [1.29, 1.82) is 0 Å². The quantitative estimate of drug-likeness (QED) is 0.917. The van der Waals surface area contributed by atoms with Crippen molar-refractivity contribution in [3.05, 3.63) is 35.9 Å². The Morgan fingerprint density at radius 3 is 2.94 bits per heavy atom. The molecule has 0 amide bonds. The fourth-order valence-electron chi connectivity index (χ4n) is 1.26. The molecule has 1 aromatic heterocycles. The first kappa shape index (κ1) is 11.5. The minimum atomic E-state index is -0.703. The molecule has 0 spiro atoms. The predicted molar refractivity (Wildman–Crippen MR) is 61.1 cm³/mol. The summed E-state index contributed by atoms with van der Waals surface area (Å²) in [5, 5.41) is 9.54. The summed E-state index contributed by atoms with van der Waals surface area (Å²) < 4.78 is 18.1. The van der Waals surface area contributed by atoms with Gasteiger partial charge in [0.15, 0.2) is 4.34 Å². The van der Waals surface area contributed by atoms with E-state index in [0.29, 0.717) is 14.8 Å². The van der Waals surface area contributed by atoms with E-state index in [0.717, 1.165) is 0 Å². The van der Waals surface area contributed by atoms with E-state index in [1.54, 1.807) is 19.1 Å². The Morgan fingerprint density at radius 2 is 2.31 bits per heavy atom. The van der Waals surface area contributed by atoms with Gasteiger partial charge in [-0.15, -0.1) is 0 Å². The summed E-state index contributed by atoms with van der Waals surface area (Å²) in [5.41, 5.74) is 0.570. The predicted octanol–water partition coefficient (Wildman–Crippen LogP) is 2.88. The van der Waals surface area contributed by atoms with Crippen LogP contribution in [-0.4, -0.2) is 14.5 Å². The van der Waals surface area contributed by atoms with Crippen LogP contribution in [-0.2, 0) is 0 Å². The number of hydrogen-bond donors (Lipinski definition) is 1. The van der Waals surface area contributed by atoms with E-state index in [4.69, 9.17) is 0 Å². The third-order valence-electron chi connectivity index (χ3n) is 1.98. The van der Waals surface area contributed by atoms with Crippen molar-refractivity contribution in [2.75, 3.05) is 0 Å². The van der Waals surface area contributed by atoms with Gasteiger partial charge in [-0.05, 0) is 30.1 Å². The third-order valence-corrected chi connectivity index (χ3v) is 3.83. The standard InChI is InChI=1S/C10H9FN2OS2/c1-6(14)7-3-2-4-8(11)9(7)15-10-12-5-13-16-10/h2-6,14H,1H3/t6-/m1/s1. The fourth-order valence-corrected chi connectivity index (χ4v) is 2.86. The number of aliphatic hydroxyl groups excluding tert-OH is 1. The maximum Gasteiger partial charge on any atom is 0.174 e. The summed E-state index contributed by atoms with van der Waals surface area (Å²) >= 11 is 2.39. The topological polar surface area (TPSA) is 46.0 Å². The zero-order chi connectivity index (χ0) is 11.5. The van der Waals surface area contributed by atoms with Crippen molar-refractivity contribution in [2.24, 2.45) is 0 Å². The lowest BCUT2D eigenvalue weighted by Gasteiger charge is -2.10. The highest BCUT2D eigenvalue weighted by molar-refractivity contribution is 8.01. The highest BCUT2D eigenvalue weighted by Crippen LogP contribution is 2.35. The highest BCUT2D eigenvalue weighted by atomic mass is 32.2. The van der Waals surface area contributed by atoms with Crippen LogP contribution in [0, 0.1) is 5.82 Å². The summed E-state index contributed by atoms with van der Waals surface area (Å²) in [6, 6.07) is 4.66. The normalized spacial score (nSPS) is 12.7. The van der Waals surface area contributed by atoms with Crippen LogP contribution in [0.15, 0.2) is 33.8 Å². The Morgan fingerprint density at radius 1 is 1.50 bits per heavy atom. The number of benzene rings is 1. The van der Waals surface area contributed by atoms with E-state index in [1.807, 2.05) is 0 Å². The second kappa shape index (κ2) is 4.90. The number of nitrogens with zero attached hydrogens (tertiary/aromatic N) is 2. The number of halogens is 1. The number of rotatable bonds is 3. The summed E-state index contributed by atoms with van der Waals surface area (Å²) in [6.07, 6.45) is 0.724. The van der Waals surface area contributed by atoms with Gasteiger partial charge in [-0.25, -0.2) is 9.37 Å². The minimum Gasteiger partial charge on any atom is -0.389 e. The van der Waals surface area contributed by atoms with Gasteiger partial charge in [-0.2, -0.15) is 4.37 Å². The summed E-state index contributed by atoms with van der Waals surface area (Å²) in [7, 11) is 0. The van der Waals surface area contributed by atoms with E-state index in [1.165, 1.54) is 35.7 Å². The maximum atomic E-state index is 13.6. The average molecular weight is 256 g/mol. The van der Waals surface area contributed by atoms with E-state index >= 15 is 0 Å². The molecule has 1 N–H and O–H groups in total. The molecule has 0 aliphatic carbocycles. The van der Waals surface area contributed by atoms with Crippen LogP contribution in [0.2, 0.25) is 0 Å². The summed E-state index contributed by atoms with van der Waals surface area (Å²) in [4.78, 5) is 4.39. The van der Waals surface area contributed by atoms with Crippen LogP contribution in [0.25, 0.3) is 0 Å². The number of aromatic nitrogens is 2. The minimum absolute atomic E-state index is 0.349. The second-order valence-electron chi connectivity index (χ2n) is 3.14. The van der Waals surface area contributed by atoms with Crippen molar-refractivity contribution < 1.29 is 9.50 Å². The fraction of sp³-hybridized carbons (Fsp3) is 0.200. The molecule has 16 heavy (non-hydrogen) atoms. The first-order valence-corrected chi connectivity index (χ1v) is 6.18. The number of aliphatic hydroxyl groups is 1. The molecule has 2 rings (SSSR count). The first-order valence-electron chi connectivity index (χ1n) is 4.59. The largest absolute Gasteiger partial charge is 0.389 e. The second-order valence-corrected chi connectivity index (χ2v) is 5.18. The average Bonchev–Trinajstić information content (AvgIpc) is 2.73. The van der Waals surface area contributed by atoms with Crippen molar-refractivity contribution in [1.82, 2.24) is 9.36 Å². The third kappa shape index (κ3) is 2.40. The van der Waals surface area contributed by atoms with Crippen molar-refractivity contribution in [3.8, 4) is 0 Å². The molecular formula is C10H9FN2OS2. The van der Waals surface area contributed by atoms with Gasteiger partial charge < -0.3 is 5.11 Å². The monoisotopic (exact) mass is 256 g/mol. The van der Waals surface area contributed by atoms with E-state index < -0.39 is 6.10 Å². The van der Waals surface area contributed by atoms with Crippen LogP contribution >= 0.6 is 23.3 Å². The molecule has 0 aliphatic heterocycles. The highest BCUT2D eigenvalue weighted by Gasteiger charge is 2.14. The van der Waals surface area contributed by atoms with Crippen LogP contribution in [0.1, 0.15) is 18.6 Å². The lowest BCUT2D eigenvalue weighted by molar-refractivity contribution is 0.195. The van der Waals surface area contributed by atoms with Crippen LogP contribution in [0.4, 0.5) is 4.39 Å². The van der Waals surface area contributed by atoms with Crippen LogP contribution in [0.3, 0.4) is 0 Å². The molecule has 0 saturated carbocycles. The molecule has 1 atom stereocenters. The Labute approximate surface area is 101 Å².